The van der Waals surface area contributed by atoms with Gasteiger partial charge in [-0.05, 0) is 36.1 Å². The van der Waals surface area contributed by atoms with E-state index in [9.17, 15) is 13.9 Å². The molecule has 1 heterocycles. The summed E-state index contributed by atoms with van der Waals surface area (Å²) in [4.78, 5) is 48.8. The molecule has 1 aromatic rings. The molecule has 0 saturated carbocycles. The predicted octanol–water partition coefficient (Wildman–Crippen LogP) is 1.93. The first kappa shape index (κ1) is 19.7. The molecule has 2 atom stereocenters. The second-order valence-corrected chi connectivity index (χ2v) is 11.1. The van der Waals surface area contributed by atoms with Crippen LogP contribution in [-0.4, -0.2) is 36.1 Å². The molecule has 134 valence electrons. The van der Waals surface area contributed by atoms with Crippen molar-refractivity contribution in [3.8, 4) is 0 Å². The Morgan fingerprint density at radius 1 is 1.08 bits per heavy atom. The molecular weight excluding hydrogens is 376 g/mol. The summed E-state index contributed by atoms with van der Waals surface area (Å²) in [6.07, 6.45) is -0.456. The van der Waals surface area contributed by atoms with E-state index in [0.29, 0.717) is 11.3 Å². The highest BCUT2D eigenvalue weighted by Crippen LogP contribution is 2.60. The van der Waals surface area contributed by atoms with Crippen LogP contribution in [0.4, 0.5) is 5.69 Å². The largest absolute Gasteiger partial charge is 0.341 e. The smallest absolute Gasteiger partial charge is 0.324 e. The summed E-state index contributed by atoms with van der Waals surface area (Å²) in [5.41, 5.74) is 0.988. The van der Waals surface area contributed by atoms with Crippen LogP contribution in [0.15, 0.2) is 24.3 Å². The van der Waals surface area contributed by atoms with Crippen LogP contribution in [0.1, 0.15) is 19.4 Å². The molecule has 1 aromatic carbocycles. The SMILES string of the molecule is CC1SN(c2ccc(CC(P(=O)(O)O)P(=O)(O)O)cc2)C(=O)C1C. The lowest BCUT2D eigenvalue weighted by Crippen LogP contribution is -2.22. The third-order valence-corrected chi connectivity index (χ3v) is 9.00. The molecule has 0 aliphatic carbocycles. The summed E-state index contributed by atoms with van der Waals surface area (Å²) in [7, 11) is -9.91. The Labute approximate surface area is 143 Å². The highest BCUT2D eigenvalue weighted by atomic mass is 32.2. The van der Waals surface area contributed by atoms with E-state index in [1.54, 1.807) is 16.4 Å². The molecule has 8 nitrogen and oxygen atoms in total. The zero-order valence-corrected chi connectivity index (χ0v) is 15.6. The number of rotatable bonds is 5. The van der Waals surface area contributed by atoms with Crippen molar-refractivity contribution >= 4 is 38.7 Å². The molecule has 11 heteroatoms. The van der Waals surface area contributed by atoms with Gasteiger partial charge in [-0.2, -0.15) is 0 Å². The van der Waals surface area contributed by atoms with Gasteiger partial charge in [-0.1, -0.05) is 26.0 Å². The summed E-state index contributed by atoms with van der Waals surface area (Å²) in [5, 5.41) is -1.93. The van der Waals surface area contributed by atoms with Crippen LogP contribution in [0.5, 0.6) is 0 Å². The summed E-state index contributed by atoms with van der Waals surface area (Å²) in [6, 6.07) is 6.22. The average Bonchev–Trinajstić information content (AvgIpc) is 2.71. The molecule has 2 unspecified atom stereocenters. The van der Waals surface area contributed by atoms with Crippen molar-refractivity contribution < 1.29 is 33.5 Å². The van der Waals surface area contributed by atoms with Crippen molar-refractivity contribution in [1.82, 2.24) is 0 Å². The Hall–Kier alpha value is -0.660. The highest BCUT2D eigenvalue weighted by Gasteiger charge is 2.43. The molecule has 0 bridgehead atoms. The lowest BCUT2D eigenvalue weighted by molar-refractivity contribution is -0.119. The monoisotopic (exact) mass is 395 g/mol. The fraction of sp³-hybridized carbons (Fsp3) is 0.462. The van der Waals surface area contributed by atoms with Crippen LogP contribution >= 0.6 is 27.1 Å². The van der Waals surface area contributed by atoms with E-state index in [4.69, 9.17) is 19.6 Å². The molecule has 2 rings (SSSR count). The maximum atomic E-state index is 12.1. The van der Waals surface area contributed by atoms with Crippen LogP contribution < -0.4 is 4.31 Å². The van der Waals surface area contributed by atoms with Gasteiger partial charge >= 0.3 is 15.2 Å². The van der Waals surface area contributed by atoms with Gasteiger partial charge in [0.15, 0.2) is 5.40 Å². The van der Waals surface area contributed by atoms with E-state index in [-0.39, 0.29) is 17.1 Å². The fourth-order valence-corrected chi connectivity index (χ4v) is 5.91. The van der Waals surface area contributed by atoms with Crippen LogP contribution in [0.2, 0.25) is 0 Å². The van der Waals surface area contributed by atoms with Gasteiger partial charge < -0.3 is 19.6 Å². The number of nitrogens with zero attached hydrogens (tertiary/aromatic N) is 1. The van der Waals surface area contributed by atoms with Crippen LogP contribution in [-0.2, 0) is 20.3 Å². The molecule has 1 amide bonds. The van der Waals surface area contributed by atoms with E-state index < -0.39 is 27.0 Å². The van der Waals surface area contributed by atoms with Crippen LogP contribution in [0, 0.1) is 5.92 Å². The second kappa shape index (κ2) is 6.92. The van der Waals surface area contributed by atoms with Gasteiger partial charge in [-0.15, -0.1) is 0 Å². The van der Waals surface area contributed by atoms with Gasteiger partial charge in [-0.3, -0.25) is 18.2 Å². The maximum Gasteiger partial charge on any atom is 0.341 e. The number of benzene rings is 1. The third kappa shape index (κ3) is 4.29. The van der Waals surface area contributed by atoms with Gasteiger partial charge in [0.25, 0.3) is 0 Å². The first-order chi connectivity index (χ1) is 10.9. The van der Waals surface area contributed by atoms with Gasteiger partial charge in [-0.25, -0.2) is 0 Å². The number of hydrogen-bond donors (Lipinski definition) is 4. The summed E-state index contributed by atoms with van der Waals surface area (Å²) in [6.45, 7) is 3.80. The minimum absolute atomic E-state index is 0.0245. The van der Waals surface area contributed by atoms with E-state index in [2.05, 4.69) is 0 Å². The molecule has 1 aliphatic rings. The van der Waals surface area contributed by atoms with Gasteiger partial charge in [0, 0.05) is 11.2 Å². The van der Waals surface area contributed by atoms with Crippen LogP contribution in [0.3, 0.4) is 0 Å². The second-order valence-electron chi connectivity index (χ2n) is 5.76. The quantitative estimate of drug-likeness (QED) is 0.439. The molecule has 4 N–H and O–H groups in total. The molecule has 1 aliphatic heterocycles. The molecule has 0 aromatic heterocycles. The summed E-state index contributed by atoms with van der Waals surface area (Å²) < 4.78 is 24.2. The Morgan fingerprint density at radius 3 is 1.96 bits per heavy atom. The predicted molar refractivity (Wildman–Crippen MR) is 91.7 cm³/mol. The normalized spacial score (nSPS) is 22.5. The fourth-order valence-electron chi connectivity index (χ4n) is 2.30. The van der Waals surface area contributed by atoms with Crippen molar-refractivity contribution in [2.45, 2.75) is 30.9 Å². The zero-order chi connectivity index (χ0) is 18.3. The molecule has 1 fully saturated rings. The van der Waals surface area contributed by atoms with Crippen molar-refractivity contribution in [2.24, 2.45) is 5.92 Å². The Balaban J connectivity index is 2.19. The van der Waals surface area contributed by atoms with E-state index >= 15 is 0 Å². The molecule has 0 spiro atoms. The average molecular weight is 395 g/mol. The standard InChI is InChI=1S/C13H19NO7P2S/c1-8-9(2)24-14(13(8)15)11-5-3-10(4-6-11)7-12(22(16,17)18)23(19,20)21/h3-6,8-9,12H,7H2,1-2H3,(H2,16,17,18)(H2,19,20,21). The van der Waals surface area contributed by atoms with E-state index in [1.165, 1.54) is 24.1 Å². The Morgan fingerprint density at radius 2 is 1.58 bits per heavy atom. The first-order valence-electron chi connectivity index (χ1n) is 7.11. The van der Waals surface area contributed by atoms with Crippen molar-refractivity contribution in [3.63, 3.8) is 0 Å². The summed E-state index contributed by atoms with van der Waals surface area (Å²) in [5.74, 6) is -0.132. The van der Waals surface area contributed by atoms with Crippen molar-refractivity contribution in [1.29, 1.82) is 0 Å². The van der Waals surface area contributed by atoms with Crippen molar-refractivity contribution in [3.05, 3.63) is 29.8 Å². The van der Waals surface area contributed by atoms with E-state index in [1.807, 2.05) is 13.8 Å². The Bertz CT molecular complexity index is 692. The maximum absolute atomic E-state index is 12.1. The lowest BCUT2D eigenvalue weighted by Gasteiger charge is -2.20. The topological polar surface area (TPSA) is 135 Å². The molecular formula is C13H19NO7P2S. The zero-order valence-electron chi connectivity index (χ0n) is 13.0. The minimum atomic E-state index is -4.95. The van der Waals surface area contributed by atoms with E-state index in [0.717, 1.165) is 0 Å². The first-order valence-corrected chi connectivity index (χ1v) is 11.3. The Kier molecular flexibility index (Phi) is 5.67. The van der Waals surface area contributed by atoms with Gasteiger partial charge in [0.2, 0.25) is 5.91 Å². The number of amides is 1. The summed E-state index contributed by atoms with van der Waals surface area (Å²) >= 11 is 1.40. The lowest BCUT2D eigenvalue weighted by atomic mass is 10.1. The number of carbonyl (C=O) groups excluding carboxylic acids is 1. The van der Waals surface area contributed by atoms with Crippen LogP contribution in [0.25, 0.3) is 0 Å². The number of anilines is 1. The van der Waals surface area contributed by atoms with Crippen molar-refractivity contribution in [2.75, 3.05) is 4.31 Å². The minimum Gasteiger partial charge on any atom is -0.324 e. The number of carbonyl (C=O) groups is 1. The van der Waals surface area contributed by atoms with Gasteiger partial charge in [0.1, 0.15) is 0 Å². The molecule has 0 radical (unpaired) electrons. The highest BCUT2D eigenvalue weighted by molar-refractivity contribution is 8.02. The molecule has 1 saturated heterocycles. The third-order valence-electron chi connectivity index (χ3n) is 3.93. The number of hydrogen-bond acceptors (Lipinski definition) is 4. The van der Waals surface area contributed by atoms with Gasteiger partial charge in [0.05, 0.1) is 5.69 Å². The molecule has 24 heavy (non-hydrogen) atoms.